The molecule has 2 aromatic heterocycles. The lowest BCUT2D eigenvalue weighted by molar-refractivity contribution is 0.170. The van der Waals surface area contributed by atoms with Crippen molar-refractivity contribution in [3.63, 3.8) is 0 Å². The van der Waals surface area contributed by atoms with Crippen LogP contribution in [0.3, 0.4) is 0 Å². The zero-order chi connectivity index (χ0) is 23.6. The summed E-state index contributed by atoms with van der Waals surface area (Å²) in [4.78, 5) is 11.4. The first-order valence-electron chi connectivity index (χ1n) is 11.0. The Balaban J connectivity index is 1.50. The van der Waals surface area contributed by atoms with Crippen molar-refractivity contribution in [3.05, 3.63) is 63.6 Å². The van der Waals surface area contributed by atoms with Gasteiger partial charge in [0.1, 0.15) is 0 Å². The second-order valence-electron chi connectivity index (χ2n) is 9.79. The standard InChI is InChI=1S/C26H28ClN5S/c1-25(2)14-20(15-26(3,4)32-25)30-24-29-12-11-22(31-24)23-10-9-21(33-23)8-6-17-13-19(27)7-5-18(17)16-28/h5-13,20,32H,14-15H2,1-4H3,(H,29,30,31)/b8-6+. The van der Waals surface area contributed by atoms with Gasteiger partial charge in [0, 0.05) is 33.2 Å². The molecule has 2 N–H and O–H groups in total. The van der Waals surface area contributed by atoms with E-state index in [1.165, 1.54) is 0 Å². The number of nitriles is 1. The van der Waals surface area contributed by atoms with Gasteiger partial charge in [-0.1, -0.05) is 17.7 Å². The number of hydrogen-bond acceptors (Lipinski definition) is 6. The first kappa shape index (κ1) is 23.4. The Morgan fingerprint density at radius 3 is 2.61 bits per heavy atom. The topological polar surface area (TPSA) is 73.6 Å². The molecule has 0 aliphatic carbocycles. The molecular weight excluding hydrogens is 450 g/mol. The molecule has 7 heteroatoms. The fraction of sp³-hybridized carbons (Fsp3) is 0.346. The third-order valence-corrected chi connectivity index (χ3v) is 6.93. The fourth-order valence-corrected chi connectivity index (χ4v) is 5.76. The summed E-state index contributed by atoms with van der Waals surface area (Å²) in [7, 11) is 0. The summed E-state index contributed by atoms with van der Waals surface area (Å²) in [5, 5.41) is 17.2. The number of anilines is 1. The van der Waals surface area contributed by atoms with Crippen molar-refractivity contribution in [2.24, 2.45) is 0 Å². The van der Waals surface area contributed by atoms with Gasteiger partial charge in [-0.15, -0.1) is 11.3 Å². The monoisotopic (exact) mass is 477 g/mol. The number of aromatic nitrogens is 2. The smallest absolute Gasteiger partial charge is 0.223 e. The van der Waals surface area contributed by atoms with Crippen molar-refractivity contribution in [1.82, 2.24) is 15.3 Å². The van der Waals surface area contributed by atoms with E-state index < -0.39 is 0 Å². The Kier molecular flexibility index (Phi) is 6.58. The maximum absolute atomic E-state index is 9.31. The largest absolute Gasteiger partial charge is 0.351 e. The highest BCUT2D eigenvalue weighted by molar-refractivity contribution is 7.16. The van der Waals surface area contributed by atoms with Crippen molar-refractivity contribution < 1.29 is 0 Å². The molecule has 1 fully saturated rings. The molecule has 0 spiro atoms. The molecule has 4 rings (SSSR count). The van der Waals surface area contributed by atoms with Crippen LogP contribution in [0.4, 0.5) is 5.95 Å². The summed E-state index contributed by atoms with van der Waals surface area (Å²) >= 11 is 7.74. The fourth-order valence-electron chi connectivity index (χ4n) is 4.70. The molecular formula is C26H28ClN5S. The molecule has 0 atom stereocenters. The van der Waals surface area contributed by atoms with Crippen LogP contribution in [0.15, 0.2) is 42.6 Å². The zero-order valence-electron chi connectivity index (χ0n) is 19.3. The van der Waals surface area contributed by atoms with E-state index in [-0.39, 0.29) is 11.1 Å². The van der Waals surface area contributed by atoms with Crippen LogP contribution in [0.25, 0.3) is 22.7 Å². The van der Waals surface area contributed by atoms with Crippen LogP contribution in [0, 0.1) is 11.3 Å². The van der Waals surface area contributed by atoms with Crippen molar-refractivity contribution in [2.45, 2.75) is 57.7 Å². The predicted molar refractivity (Wildman–Crippen MR) is 138 cm³/mol. The number of piperidine rings is 1. The van der Waals surface area contributed by atoms with E-state index in [1.807, 2.05) is 24.4 Å². The van der Waals surface area contributed by atoms with Gasteiger partial charge in [-0.3, -0.25) is 0 Å². The highest BCUT2D eigenvalue weighted by atomic mass is 35.5. The molecule has 1 aliphatic heterocycles. The van der Waals surface area contributed by atoms with Crippen molar-refractivity contribution in [2.75, 3.05) is 5.32 Å². The molecule has 0 amide bonds. The molecule has 0 radical (unpaired) electrons. The molecule has 3 aromatic rings. The average molecular weight is 478 g/mol. The summed E-state index contributed by atoms with van der Waals surface area (Å²) in [6.45, 7) is 8.96. The molecule has 5 nitrogen and oxygen atoms in total. The average Bonchev–Trinajstić information content (AvgIpc) is 3.19. The maximum Gasteiger partial charge on any atom is 0.223 e. The first-order valence-corrected chi connectivity index (χ1v) is 12.2. The zero-order valence-corrected chi connectivity index (χ0v) is 20.9. The van der Waals surface area contributed by atoms with Crippen molar-refractivity contribution in [1.29, 1.82) is 5.26 Å². The van der Waals surface area contributed by atoms with E-state index in [4.69, 9.17) is 16.6 Å². The van der Waals surface area contributed by atoms with Gasteiger partial charge >= 0.3 is 0 Å². The van der Waals surface area contributed by atoms with Gasteiger partial charge in [-0.2, -0.15) is 5.26 Å². The lowest BCUT2D eigenvalue weighted by Gasteiger charge is -2.46. The molecule has 1 aliphatic rings. The highest BCUT2D eigenvalue weighted by Crippen LogP contribution is 2.31. The normalized spacial score (nSPS) is 17.7. The van der Waals surface area contributed by atoms with E-state index >= 15 is 0 Å². The van der Waals surface area contributed by atoms with Crippen molar-refractivity contribution >= 4 is 41.0 Å². The van der Waals surface area contributed by atoms with Crippen LogP contribution in [0.2, 0.25) is 5.02 Å². The number of rotatable bonds is 5. The Morgan fingerprint density at radius 1 is 1.12 bits per heavy atom. The Bertz CT molecular complexity index is 1210. The minimum absolute atomic E-state index is 0.0560. The molecule has 33 heavy (non-hydrogen) atoms. The van der Waals surface area contributed by atoms with Crippen LogP contribution in [-0.4, -0.2) is 27.1 Å². The molecule has 3 heterocycles. The van der Waals surface area contributed by atoms with E-state index in [0.717, 1.165) is 33.9 Å². The minimum Gasteiger partial charge on any atom is -0.351 e. The van der Waals surface area contributed by atoms with Gasteiger partial charge in [-0.05, 0) is 88.6 Å². The Morgan fingerprint density at radius 2 is 1.88 bits per heavy atom. The third kappa shape index (κ3) is 6.00. The van der Waals surface area contributed by atoms with Crippen LogP contribution < -0.4 is 10.6 Å². The van der Waals surface area contributed by atoms with Crippen LogP contribution in [-0.2, 0) is 0 Å². The molecule has 1 aromatic carbocycles. The number of nitrogens with zero attached hydrogens (tertiary/aromatic N) is 3. The van der Waals surface area contributed by atoms with E-state index in [0.29, 0.717) is 22.6 Å². The van der Waals surface area contributed by atoms with Gasteiger partial charge in [0.25, 0.3) is 0 Å². The molecule has 170 valence electrons. The third-order valence-electron chi connectivity index (χ3n) is 5.62. The van der Waals surface area contributed by atoms with E-state index in [1.54, 1.807) is 29.5 Å². The SMILES string of the molecule is CC1(C)CC(Nc2nccc(-c3ccc(/C=C/c4cc(Cl)ccc4C#N)s3)n2)CC(C)(C)N1. The van der Waals surface area contributed by atoms with Crippen LogP contribution >= 0.6 is 22.9 Å². The number of thiophene rings is 1. The minimum atomic E-state index is 0.0560. The second kappa shape index (κ2) is 9.26. The van der Waals surface area contributed by atoms with Gasteiger partial charge in [0.2, 0.25) is 5.95 Å². The lowest BCUT2D eigenvalue weighted by atomic mass is 9.80. The quantitative estimate of drug-likeness (QED) is 0.431. The number of hydrogen-bond donors (Lipinski definition) is 2. The van der Waals surface area contributed by atoms with Gasteiger partial charge in [-0.25, -0.2) is 9.97 Å². The summed E-state index contributed by atoms with van der Waals surface area (Å²) in [6, 6.07) is 13.8. The first-order chi connectivity index (χ1) is 15.6. The Labute approximate surface area is 204 Å². The van der Waals surface area contributed by atoms with Gasteiger partial charge in [0.15, 0.2) is 0 Å². The second-order valence-corrected chi connectivity index (χ2v) is 11.3. The molecule has 0 bridgehead atoms. The van der Waals surface area contributed by atoms with Gasteiger partial charge in [0.05, 0.1) is 22.2 Å². The molecule has 1 saturated heterocycles. The summed E-state index contributed by atoms with van der Waals surface area (Å²) in [5.41, 5.74) is 2.41. The van der Waals surface area contributed by atoms with Crippen molar-refractivity contribution in [3.8, 4) is 16.6 Å². The summed E-state index contributed by atoms with van der Waals surface area (Å²) < 4.78 is 0. The highest BCUT2D eigenvalue weighted by Gasteiger charge is 2.37. The lowest BCUT2D eigenvalue weighted by Crippen LogP contribution is -2.60. The van der Waals surface area contributed by atoms with Crippen LogP contribution in [0.5, 0.6) is 0 Å². The molecule has 0 saturated carbocycles. The predicted octanol–water partition coefficient (Wildman–Crippen LogP) is 6.62. The number of nitrogens with one attached hydrogen (secondary N) is 2. The summed E-state index contributed by atoms with van der Waals surface area (Å²) in [6.07, 6.45) is 7.74. The molecule has 0 unspecified atom stereocenters. The number of benzene rings is 1. The van der Waals surface area contributed by atoms with Gasteiger partial charge < -0.3 is 10.6 Å². The van der Waals surface area contributed by atoms with Crippen LogP contribution in [0.1, 0.15) is 56.5 Å². The number of halogens is 1. The van der Waals surface area contributed by atoms with E-state index in [2.05, 4.69) is 61.5 Å². The Hall–Kier alpha value is -2.72. The summed E-state index contributed by atoms with van der Waals surface area (Å²) in [5.74, 6) is 0.661. The van der Waals surface area contributed by atoms with E-state index in [9.17, 15) is 5.26 Å². The maximum atomic E-state index is 9.31.